The van der Waals surface area contributed by atoms with Crippen molar-refractivity contribution in [3.63, 3.8) is 0 Å². The molecule has 0 atom stereocenters. The molecule has 0 saturated heterocycles. The van der Waals surface area contributed by atoms with Crippen LogP contribution in [0.15, 0.2) is 47.8 Å². The number of aryl methyl sites for hydroxylation is 3. The van der Waals surface area contributed by atoms with Crippen molar-refractivity contribution in [1.29, 1.82) is 0 Å². The molecule has 8 nitrogen and oxygen atoms in total. The third kappa shape index (κ3) is 5.47. The number of imidazole rings is 1. The predicted octanol–water partition coefficient (Wildman–Crippen LogP) is 2.57. The molecule has 3 rings (SSSR count). The Kier molecular flexibility index (Phi) is 6.11. The molecule has 0 aliphatic heterocycles. The van der Waals surface area contributed by atoms with Gasteiger partial charge in [0.15, 0.2) is 0 Å². The fourth-order valence-corrected chi connectivity index (χ4v) is 2.67. The quantitative estimate of drug-likeness (QED) is 0.468. The van der Waals surface area contributed by atoms with Crippen molar-refractivity contribution < 1.29 is 4.79 Å². The lowest BCUT2D eigenvalue weighted by atomic mass is 10.1. The van der Waals surface area contributed by atoms with Gasteiger partial charge in [-0.3, -0.25) is 20.4 Å². The van der Waals surface area contributed by atoms with Crippen LogP contribution in [0.3, 0.4) is 0 Å². The fourth-order valence-electron chi connectivity index (χ4n) is 2.67. The summed E-state index contributed by atoms with van der Waals surface area (Å²) >= 11 is 0. The average Bonchev–Trinajstić information content (AvgIpc) is 3.14. The Morgan fingerprint density at radius 2 is 1.93 bits per heavy atom. The van der Waals surface area contributed by atoms with Gasteiger partial charge in [-0.2, -0.15) is 0 Å². The first kappa shape index (κ1) is 19.2. The van der Waals surface area contributed by atoms with Crippen LogP contribution < -0.4 is 10.6 Å². The zero-order valence-electron chi connectivity index (χ0n) is 16.2. The molecule has 1 amide bonds. The van der Waals surface area contributed by atoms with Gasteiger partial charge in [-0.15, -0.1) is 0 Å². The molecule has 3 N–H and O–H groups in total. The number of aliphatic imine (C=N–C) groups is 1. The van der Waals surface area contributed by atoms with Gasteiger partial charge in [-0.1, -0.05) is 17.7 Å². The zero-order valence-corrected chi connectivity index (χ0v) is 16.2. The van der Waals surface area contributed by atoms with Gasteiger partial charge in [0.05, 0.1) is 6.33 Å². The summed E-state index contributed by atoms with van der Waals surface area (Å²) < 4.78 is 0. The topological polar surface area (TPSA) is 108 Å². The first-order valence-electron chi connectivity index (χ1n) is 8.98. The van der Waals surface area contributed by atoms with E-state index in [1.54, 1.807) is 18.6 Å². The minimum absolute atomic E-state index is 0.249. The van der Waals surface area contributed by atoms with Crippen molar-refractivity contribution in [3.8, 4) is 0 Å². The molecule has 3 aromatic rings. The average molecular weight is 377 g/mol. The second-order valence-electron chi connectivity index (χ2n) is 6.48. The fraction of sp³-hybridized carbons (Fsp3) is 0.250. The third-order valence-electron chi connectivity index (χ3n) is 3.93. The van der Waals surface area contributed by atoms with E-state index in [4.69, 9.17) is 0 Å². The van der Waals surface area contributed by atoms with Gasteiger partial charge in [0.1, 0.15) is 0 Å². The standard InChI is InChI=1S/C20H23N7O/c1-13-5-4-6-16(9-13)18(28)26-19(22-8-7-17-11-21-12-23-17)27-20-24-14(2)10-15(3)25-20/h4-6,9-12H,7-8H2,1-3H3,(H,21,23)(H2,22,24,25,26,27,28). The maximum Gasteiger partial charge on any atom is 0.257 e. The van der Waals surface area contributed by atoms with Gasteiger partial charge in [-0.05, 0) is 39.0 Å². The Balaban J connectivity index is 1.77. The van der Waals surface area contributed by atoms with Crippen LogP contribution in [0.5, 0.6) is 0 Å². The zero-order chi connectivity index (χ0) is 19.9. The van der Waals surface area contributed by atoms with Crippen LogP contribution in [0.1, 0.15) is 33.0 Å². The molecule has 0 radical (unpaired) electrons. The Morgan fingerprint density at radius 1 is 1.14 bits per heavy atom. The van der Waals surface area contributed by atoms with E-state index >= 15 is 0 Å². The number of aromatic nitrogens is 4. The van der Waals surface area contributed by atoms with Gasteiger partial charge in [0.25, 0.3) is 5.91 Å². The molecule has 1 aromatic carbocycles. The summed E-state index contributed by atoms with van der Waals surface area (Å²) in [6, 6.07) is 9.26. The van der Waals surface area contributed by atoms with Crippen LogP contribution in [0, 0.1) is 20.8 Å². The van der Waals surface area contributed by atoms with E-state index in [9.17, 15) is 4.79 Å². The molecule has 0 fully saturated rings. The second kappa shape index (κ2) is 8.90. The van der Waals surface area contributed by atoms with Crippen molar-refractivity contribution in [2.45, 2.75) is 27.2 Å². The molecule has 0 aliphatic rings. The van der Waals surface area contributed by atoms with Crippen LogP contribution in [-0.4, -0.2) is 38.3 Å². The first-order valence-corrected chi connectivity index (χ1v) is 8.98. The number of H-pyrrole nitrogens is 1. The van der Waals surface area contributed by atoms with Crippen LogP contribution in [-0.2, 0) is 6.42 Å². The predicted molar refractivity (Wildman–Crippen MR) is 108 cm³/mol. The maximum absolute atomic E-state index is 12.6. The number of nitrogens with zero attached hydrogens (tertiary/aromatic N) is 4. The van der Waals surface area contributed by atoms with Gasteiger partial charge in [0.2, 0.25) is 11.9 Å². The minimum Gasteiger partial charge on any atom is -0.348 e. The molecular formula is C20H23N7O. The first-order chi connectivity index (χ1) is 13.5. The molecule has 0 unspecified atom stereocenters. The number of hydrogen-bond acceptors (Lipinski definition) is 5. The van der Waals surface area contributed by atoms with Crippen LogP contribution in [0.4, 0.5) is 5.95 Å². The lowest BCUT2D eigenvalue weighted by molar-refractivity contribution is 0.0977. The molecular weight excluding hydrogens is 354 g/mol. The van der Waals surface area contributed by atoms with Crippen molar-refractivity contribution in [2.24, 2.45) is 4.99 Å². The SMILES string of the molecule is Cc1cccc(C(=O)NC(=NCCc2cnc[nH]2)Nc2nc(C)cc(C)n2)c1. The van der Waals surface area contributed by atoms with Crippen LogP contribution in [0.2, 0.25) is 0 Å². The highest BCUT2D eigenvalue weighted by Crippen LogP contribution is 2.06. The van der Waals surface area contributed by atoms with Gasteiger partial charge < -0.3 is 4.98 Å². The number of amides is 1. The molecule has 2 aromatic heterocycles. The van der Waals surface area contributed by atoms with E-state index in [0.717, 1.165) is 22.6 Å². The Morgan fingerprint density at radius 3 is 2.61 bits per heavy atom. The Bertz CT molecular complexity index is 960. The largest absolute Gasteiger partial charge is 0.348 e. The van der Waals surface area contributed by atoms with Crippen molar-refractivity contribution in [2.75, 3.05) is 11.9 Å². The smallest absolute Gasteiger partial charge is 0.257 e. The molecule has 0 aliphatic carbocycles. The highest BCUT2D eigenvalue weighted by molar-refractivity contribution is 6.09. The van der Waals surface area contributed by atoms with Crippen LogP contribution in [0.25, 0.3) is 0 Å². The van der Waals surface area contributed by atoms with Crippen molar-refractivity contribution >= 4 is 17.8 Å². The lowest BCUT2D eigenvalue weighted by Crippen LogP contribution is -2.37. The number of nitrogens with one attached hydrogen (secondary N) is 3. The number of rotatable bonds is 5. The number of carbonyl (C=O) groups excluding carboxylic acids is 1. The molecule has 0 bridgehead atoms. The monoisotopic (exact) mass is 377 g/mol. The van der Waals surface area contributed by atoms with E-state index in [2.05, 4.69) is 35.6 Å². The van der Waals surface area contributed by atoms with E-state index in [1.165, 1.54) is 0 Å². The van der Waals surface area contributed by atoms with Gasteiger partial charge in [0, 0.05) is 41.8 Å². The maximum atomic E-state index is 12.6. The summed E-state index contributed by atoms with van der Waals surface area (Å²) in [5, 5.41) is 5.85. The highest BCUT2D eigenvalue weighted by atomic mass is 16.1. The number of hydrogen-bond donors (Lipinski definition) is 3. The summed E-state index contributed by atoms with van der Waals surface area (Å²) in [4.78, 5) is 32.9. The number of carbonyl (C=O) groups is 1. The summed E-state index contributed by atoms with van der Waals surface area (Å²) in [6.07, 6.45) is 4.04. The van der Waals surface area contributed by atoms with E-state index in [-0.39, 0.29) is 5.91 Å². The molecule has 0 saturated carbocycles. The molecule has 8 heteroatoms. The molecule has 144 valence electrons. The minimum atomic E-state index is -0.249. The number of guanidine groups is 1. The third-order valence-corrected chi connectivity index (χ3v) is 3.93. The van der Waals surface area contributed by atoms with Crippen molar-refractivity contribution in [1.82, 2.24) is 25.3 Å². The summed E-state index contributed by atoms with van der Waals surface area (Å²) in [7, 11) is 0. The number of benzene rings is 1. The Labute approximate surface area is 163 Å². The van der Waals surface area contributed by atoms with Crippen LogP contribution >= 0.6 is 0 Å². The molecule has 28 heavy (non-hydrogen) atoms. The van der Waals surface area contributed by atoms with E-state index in [0.29, 0.717) is 30.4 Å². The number of aromatic amines is 1. The van der Waals surface area contributed by atoms with Gasteiger partial charge >= 0.3 is 0 Å². The number of anilines is 1. The molecule has 2 heterocycles. The molecule has 0 spiro atoms. The highest BCUT2D eigenvalue weighted by Gasteiger charge is 2.11. The summed E-state index contributed by atoms with van der Waals surface area (Å²) in [5.74, 6) is 0.444. The Hall–Kier alpha value is -3.55. The van der Waals surface area contributed by atoms with Gasteiger partial charge in [-0.25, -0.2) is 15.0 Å². The lowest BCUT2D eigenvalue weighted by Gasteiger charge is -2.12. The summed E-state index contributed by atoms with van der Waals surface area (Å²) in [6.45, 7) is 6.18. The van der Waals surface area contributed by atoms with E-state index < -0.39 is 0 Å². The van der Waals surface area contributed by atoms with Crippen molar-refractivity contribution in [3.05, 3.63) is 71.1 Å². The normalized spacial score (nSPS) is 11.3. The van der Waals surface area contributed by atoms with E-state index in [1.807, 2.05) is 45.0 Å². The summed E-state index contributed by atoms with van der Waals surface area (Å²) in [5.41, 5.74) is 4.20. The second-order valence-corrected chi connectivity index (χ2v) is 6.48.